The second-order valence-electron chi connectivity index (χ2n) is 4.25. The fourth-order valence-electron chi connectivity index (χ4n) is 1.75. The van der Waals surface area contributed by atoms with Gasteiger partial charge in [0.1, 0.15) is 5.69 Å². The Labute approximate surface area is 128 Å². The molecule has 0 aliphatic heterocycles. The number of alkyl halides is 3. The van der Waals surface area contributed by atoms with E-state index < -0.39 is 17.6 Å². The van der Waals surface area contributed by atoms with E-state index in [-0.39, 0.29) is 16.3 Å². The molecule has 1 aromatic heterocycles. The van der Waals surface area contributed by atoms with Gasteiger partial charge in [-0.1, -0.05) is 29.8 Å². The van der Waals surface area contributed by atoms with Crippen molar-refractivity contribution in [2.24, 2.45) is 12.1 Å². The third-order valence-electron chi connectivity index (χ3n) is 2.75. The number of rotatable bonds is 3. The molecule has 1 aromatic carbocycles. The van der Waals surface area contributed by atoms with Crippen LogP contribution in [0.25, 0.3) is 0 Å². The fourth-order valence-corrected chi connectivity index (χ4v) is 2.00. The minimum absolute atomic E-state index is 0.0583. The highest BCUT2D eigenvalue weighted by molar-refractivity contribution is 6.33. The molecule has 1 N–H and O–H groups in total. The third-order valence-corrected chi connectivity index (χ3v) is 3.02. The average Bonchev–Trinajstić information content (AvgIpc) is 2.77. The van der Waals surface area contributed by atoms with Crippen LogP contribution in [0.1, 0.15) is 21.6 Å². The van der Waals surface area contributed by atoms with Crippen LogP contribution in [-0.2, 0) is 13.2 Å². The number of halogens is 4. The summed E-state index contributed by atoms with van der Waals surface area (Å²) in [4.78, 5) is 11.8. The Balaban J connectivity index is 2.16. The quantitative estimate of drug-likeness (QED) is 0.695. The Bertz CT molecular complexity index is 705. The van der Waals surface area contributed by atoms with Gasteiger partial charge >= 0.3 is 6.18 Å². The first-order valence-corrected chi connectivity index (χ1v) is 6.35. The van der Waals surface area contributed by atoms with Crippen LogP contribution in [0.4, 0.5) is 13.2 Å². The molecule has 116 valence electrons. The molecule has 0 fully saturated rings. The van der Waals surface area contributed by atoms with Crippen molar-refractivity contribution in [1.29, 1.82) is 0 Å². The van der Waals surface area contributed by atoms with Gasteiger partial charge in [0.25, 0.3) is 5.91 Å². The van der Waals surface area contributed by atoms with Gasteiger partial charge in [0.15, 0.2) is 0 Å². The lowest BCUT2D eigenvalue weighted by Gasteiger charge is -2.09. The summed E-state index contributed by atoms with van der Waals surface area (Å²) in [5, 5.41) is 7.42. The number of benzene rings is 1. The minimum Gasteiger partial charge on any atom is -0.266 e. The number of hydrogen-bond donors (Lipinski definition) is 1. The van der Waals surface area contributed by atoms with Crippen molar-refractivity contribution in [3.05, 3.63) is 52.3 Å². The SMILES string of the molecule is Cn1ncc(Cl)c1C(=O)NN=Cc1ccccc1C(F)(F)F. The maximum absolute atomic E-state index is 12.8. The lowest BCUT2D eigenvalue weighted by Crippen LogP contribution is -2.21. The van der Waals surface area contributed by atoms with Crippen LogP contribution >= 0.6 is 11.6 Å². The first-order chi connectivity index (χ1) is 10.3. The van der Waals surface area contributed by atoms with E-state index in [4.69, 9.17) is 11.6 Å². The zero-order valence-electron chi connectivity index (χ0n) is 11.2. The molecule has 0 unspecified atom stereocenters. The topological polar surface area (TPSA) is 59.3 Å². The monoisotopic (exact) mass is 330 g/mol. The Morgan fingerprint density at radius 3 is 2.68 bits per heavy atom. The fraction of sp³-hybridized carbons (Fsp3) is 0.154. The van der Waals surface area contributed by atoms with Gasteiger partial charge in [-0.15, -0.1) is 0 Å². The second-order valence-corrected chi connectivity index (χ2v) is 4.66. The van der Waals surface area contributed by atoms with Crippen LogP contribution in [-0.4, -0.2) is 21.9 Å². The Hall–Kier alpha value is -2.35. The number of aryl methyl sites for hydroxylation is 1. The number of amides is 1. The number of nitrogens with one attached hydrogen (secondary N) is 1. The maximum atomic E-state index is 12.8. The van der Waals surface area contributed by atoms with Crippen molar-refractivity contribution >= 4 is 23.7 Å². The summed E-state index contributed by atoms with van der Waals surface area (Å²) in [7, 11) is 1.50. The van der Waals surface area contributed by atoms with Crippen LogP contribution in [0.2, 0.25) is 5.02 Å². The van der Waals surface area contributed by atoms with Crippen molar-refractivity contribution in [1.82, 2.24) is 15.2 Å². The van der Waals surface area contributed by atoms with Gasteiger partial charge in [0.2, 0.25) is 0 Å². The first kappa shape index (κ1) is 16.0. The van der Waals surface area contributed by atoms with E-state index in [0.717, 1.165) is 12.3 Å². The summed E-state index contributed by atoms with van der Waals surface area (Å²) in [5.41, 5.74) is 1.17. The number of hydrogen-bond acceptors (Lipinski definition) is 3. The largest absolute Gasteiger partial charge is 0.417 e. The van der Waals surface area contributed by atoms with E-state index in [1.54, 1.807) is 0 Å². The molecule has 0 atom stereocenters. The molecule has 0 radical (unpaired) electrons. The molecule has 0 saturated heterocycles. The molecule has 2 aromatic rings. The van der Waals surface area contributed by atoms with E-state index in [1.165, 1.54) is 36.1 Å². The number of nitrogens with zero attached hydrogens (tertiary/aromatic N) is 3. The number of carbonyl (C=O) groups excluding carboxylic acids is 1. The standard InChI is InChI=1S/C13H10ClF3N4O/c1-21-11(10(14)7-19-21)12(22)20-18-6-8-4-2-3-5-9(8)13(15,16)17/h2-7H,1H3,(H,20,22). The van der Waals surface area contributed by atoms with E-state index in [2.05, 4.69) is 15.6 Å². The van der Waals surface area contributed by atoms with E-state index in [1.807, 2.05) is 0 Å². The summed E-state index contributed by atoms with van der Waals surface area (Å²) >= 11 is 5.78. The van der Waals surface area contributed by atoms with Crippen LogP contribution in [0, 0.1) is 0 Å². The van der Waals surface area contributed by atoms with Gasteiger partial charge in [0, 0.05) is 12.6 Å². The van der Waals surface area contributed by atoms with E-state index >= 15 is 0 Å². The summed E-state index contributed by atoms with van der Waals surface area (Å²) in [5.74, 6) is -0.675. The normalized spacial score (nSPS) is 11.9. The van der Waals surface area contributed by atoms with Gasteiger partial charge in [-0.3, -0.25) is 9.48 Å². The molecule has 0 spiro atoms. The lowest BCUT2D eigenvalue weighted by molar-refractivity contribution is -0.137. The molecule has 9 heteroatoms. The summed E-state index contributed by atoms with van der Waals surface area (Å²) in [6, 6.07) is 4.89. The highest BCUT2D eigenvalue weighted by Crippen LogP contribution is 2.31. The van der Waals surface area contributed by atoms with Crippen LogP contribution in [0.15, 0.2) is 35.6 Å². The van der Waals surface area contributed by atoms with Crippen molar-refractivity contribution < 1.29 is 18.0 Å². The number of hydrazone groups is 1. The zero-order chi connectivity index (χ0) is 16.3. The highest BCUT2D eigenvalue weighted by Gasteiger charge is 2.32. The molecular weight excluding hydrogens is 321 g/mol. The van der Waals surface area contributed by atoms with Crippen LogP contribution < -0.4 is 5.43 Å². The zero-order valence-corrected chi connectivity index (χ0v) is 12.0. The smallest absolute Gasteiger partial charge is 0.266 e. The number of carbonyl (C=O) groups is 1. The van der Waals surface area contributed by atoms with E-state index in [0.29, 0.717) is 0 Å². The minimum atomic E-state index is -4.50. The van der Waals surface area contributed by atoms with Crippen molar-refractivity contribution in [3.8, 4) is 0 Å². The predicted molar refractivity (Wildman–Crippen MR) is 74.7 cm³/mol. The molecule has 1 heterocycles. The third kappa shape index (κ3) is 3.45. The molecule has 1 amide bonds. The number of aromatic nitrogens is 2. The van der Waals surface area contributed by atoms with Gasteiger partial charge in [-0.25, -0.2) is 5.43 Å². The van der Waals surface area contributed by atoms with E-state index in [9.17, 15) is 18.0 Å². The molecule has 2 rings (SSSR count). The first-order valence-electron chi connectivity index (χ1n) is 5.98. The molecule has 0 saturated carbocycles. The molecular formula is C13H10ClF3N4O. The summed E-state index contributed by atoms with van der Waals surface area (Å²) < 4.78 is 39.6. The van der Waals surface area contributed by atoms with Crippen molar-refractivity contribution in [2.45, 2.75) is 6.18 Å². The average molecular weight is 331 g/mol. The molecule has 5 nitrogen and oxygen atoms in total. The maximum Gasteiger partial charge on any atom is 0.417 e. The molecule has 0 bridgehead atoms. The van der Waals surface area contributed by atoms with Crippen molar-refractivity contribution in [2.75, 3.05) is 0 Å². The van der Waals surface area contributed by atoms with Gasteiger partial charge in [0.05, 0.1) is 23.0 Å². The van der Waals surface area contributed by atoms with Gasteiger partial charge in [-0.05, 0) is 6.07 Å². The summed E-state index contributed by atoms with van der Waals surface area (Å²) in [6.07, 6.45) is -2.30. The Kier molecular flexibility index (Phi) is 4.51. The molecule has 0 aliphatic carbocycles. The second kappa shape index (κ2) is 6.18. The van der Waals surface area contributed by atoms with Crippen LogP contribution in [0.5, 0.6) is 0 Å². The van der Waals surface area contributed by atoms with Gasteiger partial charge < -0.3 is 0 Å². The predicted octanol–water partition coefficient (Wildman–Crippen LogP) is 2.86. The summed E-state index contributed by atoms with van der Waals surface area (Å²) in [6.45, 7) is 0. The van der Waals surface area contributed by atoms with Gasteiger partial charge in [-0.2, -0.15) is 23.4 Å². The Morgan fingerprint density at radius 1 is 1.41 bits per heavy atom. The molecule has 22 heavy (non-hydrogen) atoms. The highest BCUT2D eigenvalue weighted by atomic mass is 35.5. The molecule has 0 aliphatic rings. The Morgan fingerprint density at radius 2 is 2.09 bits per heavy atom. The lowest BCUT2D eigenvalue weighted by atomic mass is 10.1. The van der Waals surface area contributed by atoms with Crippen molar-refractivity contribution in [3.63, 3.8) is 0 Å². The van der Waals surface area contributed by atoms with Crippen LogP contribution in [0.3, 0.4) is 0 Å².